The summed E-state index contributed by atoms with van der Waals surface area (Å²) in [6.07, 6.45) is 4.07. The lowest BCUT2D eigenvalue weighted by molar-refractivity contribution is -0.301. The van der Waals surface area contributed by atoms with Gasteiger partial charge in [0, 0.05) is 6.61 Å². The molecule has 6 nitrogen and oxygen atoms in total. The van der Waals surface area contributed by atoms with Gasteiger partial charge < -0.3 is 29.9 Å². The second-order valence-electron chi connectivity index (χ2n) is 6.57. The molecule has 5 atom stereocenters. The molecule has 130 valence electrons. The van der Waals surface area contributed by atoms with Gasteiger partial charge in [-0.1, -0.05) is 44.9 Å². The van der Waals surface area contributed by atoms with Gasteiger partial charge in [-0.3, -0.25) is 0 Å². The molecule has 1 heterocycles. The fourth-order valence-corrected chi connectivity index (χ4v) is 3.42. The Kier molecular flexibility index (Phi) is 7.53. The summed E-state index contributed by atoms with van der Waals surface area (Å²) in [6, 6.07) is 0. The molecule has 0 spiro atoms. The molecule has 1 aliphatic carbocycles. The summed E-state index contributed by atoms with van der Waals surface area (Å²) < 4.78 is 10.8. The summed E-state index contributed by atoms with van der Waals surface area (Å²) in [7, 11) is 0. The van der Waals surface area contributed by atoms with E-state index in [0.29, 0.717) is 6.61 Å². The van der Waals surface area contributed by atoms with E-state index in [-0.39, 0.29) is 0 Å². The van der Waals surface area contributed by atoms with E-state index in [1.807, 2.05) is 0 Å². The van der Waals surface area contributed by atoms with Crippen molar-refractivity contribution in [2.24, 2.45) is 5.92 Å². The van der Waals surface area contributed by atoms with Gasteiger partial charge in [-0.05, 0) is 12.3 Å². The van der Waals surface area contributed by atoms with Gasteiger partial charge in [0.05, 0.1) is 6.61 Å². The number of rotatable bonds is 7. The lowest BCUT2D eigenvalue weighted by atomic mass is 9.86. The van der Waals surface area contributed by atoms with E-state index < -0.39 is 37.3 Å². The quantitative estimate of drug-likeness (QED) is 0.512. The smallest absolute Gasteiger partial charge is 0.186 e. The largest absolute Gasteiger partial charge is 0.394 e. The van der Waals surface area contributed by atoms with Crippen LogP contribution in [0.4, 0.5) is 0 Å². The van der Waals surface area contributed by atoms with Gasteiger partial charge >= 0.3 is 0 Å². The van der Waals surface area contributed by atoms with Crippen molar-refractivity contribution in [1.82, 2.24) is 0 Å². The second-order valence-corrected chi connectivity index (χ2v) is 6.57. The van der Waals surface area contributed by atoms with Gasteiger partial charge in [-0.15, -0.1) is 0 Å². The zero-order valence-corrected chi connectivity index (χ0v) is 13.1. The van der Waals surface area contributed by atoms with Crippen LogP contribution in [-0.2, 0) is 9.47 Å². The van der Waals surface area contributed by atoms with Gasteiger partial charge in [0.1, 0.15) is 24.4 Å². The van der Waals surface area contributed by atoms with Crippen LogP contribution < -0.4 is 0 Å². The highest BCUT2D eigenvalue weighted by atomic mass is 16.7. The van der Waals surface area contributed by atoms with E-state index in [1.54, 1.807) is 0 Å². The third-order valence-corrected chi connectivity index (χ3v) is 4.86. The van der Waals surface area contributed by atoms with Crippen molar-refractivity contribution in [2.45, 2.75) is 82.1 Å². The van der Waals surface area contributed by atoms with E-state index in [2.05, 4.69) is 0 Å². The second kappa shape index (κ2) is 9.15. The predicted octanol–water partition coefficient (Wildman–Crippen LogP) is 0.553. The van der Waals surface area contributed by atoms with Crippen molar-refractivity contribution < 1.29 is 29.9 Å². The van der Waals surface area contributed by atoms with Crippen molar-refractivity contribution >= 4 is 0 Å². The van der Waals surface area contributed by atoms with Gasteiger partial charge in [0.2, 0.25) is 0 Å². The number of unbranched alkanes of at least 4 members (excludes halogenated alkanes) is 1. The fraction of sp³-hybridized carbons (Fsp3) is 1.00. The van der Waals surface area contributed by atoms with Crippen molar-refractivity contribution in [3.05, 3.63) is 0 Å². The highest BCUT2D eigenvalue weighted by Gasteiger charge is 2.43. The highest BCUT2D eigenvalue weighted by Crippen LogP contribution is 2.28. The fourth-order valence-electron chi connectivity index (χ4n) is 3.42. The number of ether oxygens (including phenoxy) is 2. The number of hydrogen-bond acceptors (Lipinski definition) is 6. The summed E-state index contributed by atoms with van der Waals surface area (Å²) in [4.78, 5) is 0. The zero-order chi connectivity index (χ0) is 15.9. The van der Waals surface area contributed by atoms with Crippen LogP contribution in [-0.4, -0.2) is 64.3 Å². The molecule has 0 bridgehead atoms. The maximum absolute atomic E-state index is 9.84. The molecule has 1 aliphatic heterocycles. The zero-order valence-electron chi connectivity index (χ0n) is 13.1. The molecule has 0 aromatic rings. The average Bonchev–Trinajstić information content (AvgIpc) is 2.55. The summed E-state index contributed by atoms with van der Waals surface area (Å²) in [6.45, 7) is 0.0158. The molecular formula is C16H30O6. The molecular weight excluding hydrogens is 288 g/mol. The minimum atomic E-state index is -1.36. The average molecular weight is 318 g/mol. The molecule has 0 amide bonds. The Labute approximate surface area is 132 Å². The van der Waals surface area contributed by atoms with E-state index >= 15 is 0 Å². The van der Waals surface area contributed by atoms with Crippen LogP contribution in [0.5, 0.6) is 0 Å². The maximum atomic E-state index is 9.84. The predicted molar refractivity (Wildman–Crippen MR) is 80.1 cm³/mol. The Morgan fingerprint density at radius 2 is 1.64 bits per heavy atom. The monoisotopic (exact) mass is 318 g/mol. The number of aliphatic hydroxyl groups excluding tert-OH is 4. The topological polar surface area (TPSA) is 99.4 Å². The first-order chi connectivity index (χ1) is 10.6. The van der Waals surface area contributed by atoms with Crippen molar-refractivity contribution in [1.29, 1.82) is 0 Å². The van der Waals surface area contributed by atoms with E-state index in [1.165, 1.54) is 38.5 Å². The minimum absolute atomic E-state index is 0.424. The molecule has 22 heavy (non-hydrogen) atoms. The van der Waals surface area contributed by atoms with Crippen LogP contribution in [0, 0.1) is 5.92 Å². The van der Waals surface area contributed by atoms with Crippen molar-refractivity contribution in [3.63, 3.8) is 0 Å². The van der Waals surface area contributed by atoms with Gasteiger partial charge in [-0.25, -0.2) is 0 Å². The maximum Gasteiger partial charge on any atom is 0.186 e. The van der Waals surface area contributed by atoms with Crippen molar-refractivity contribution in [3.8, 4) is 0 Å². The normalized spacial score (nSPS) is 37.4. The van der Waals surface area contributed by atoms with E-state index in [4.69, 9.17) is 14.6 Å². The molecule has 1 saturated heterocycles. The standard InChI is InChI=1S/C16H30O6/c17-10-12-13(18)14(19)15(20)16(22-12)21-9-5-4-8-11-6-2-1-3-7-11/h11-20H,1-10H2/t12-,13-,14+,15-,16-/m1/s1. The van der Waals surface area contributed by atoms with Crippen LogP contribution >= 0.6 is 0 Å². The molecule has 0 radical (unpaired) electrons. The molecule has 2 rings (SSSR count). The molecule has 2 fully saturated rings. The molecule has 0 aromatic heterocycles. The third kappa shape index (κ3) is 4.88. The summed E-state index contributed by atoms with van der Waals surface area (Å²) in [5.74, 6) is 0.848. The summed E-state index contributed by atoms with van der Waals surface area (Å²) in [5.41, 5.74) is 0. The first-order valence-electron chi connectivity index (χ1n) is 8.55. The Balaban J connectivity index is 1.63. The molecule has 0 unspecified atom stereocenters. The SMILES string of the molecule is OC[C@H]1O[C@@H](OCCCCC2CCCCC2)[C@H](O)[C@@H](O)[C@@H]1O. The van der Waals surface area contributed by atoms with Crippen LogP contribution in [0.3, 0.4) is 0 Å². The molecule has 1 saturated carbocycles. The summed E-state index contributed by atoms with van der Waals surface area (Å²) in [5, 5.41) is 38.3. The van der Waals surface area contributed by atoms with Crippen molar-refractivity contribution in [2.75, 3.05) is 13.2 Å². The highest BCUT2D eigenvalue weighted by molar-refractivity contribution is 4.88. The van der Waals surface area contributed by atoms with Crippen LogP contribution in [0.2, 0.25) is 0 Å². The van der Waals surface area contributed by atoms with Gasteiger partial charge in [0.15, 0.2) is 6.29 Å². The number of hydrogen-bond donors (Lipinski definition) is 4. The lowest BCUT2D eigenvalue weighted by Gasteiger charge is -2.39. The molecule has 6 heteroatoms. The van der Waals surface area contributed by atoms with Gasteiger partial charge in [-0.2, -0.15) is 0 Å². The first-order valence-corrected chi connectivity index (χ1v) is 8.55. The van der Waals surface area contributed by atoms with Gasteiger partial charge in [0.25, 0.3) is 0 Å². The van der Waals surface area contributed by atoms with E-state index in [0.717, 1.165) is 18.8 Å². The summed E-state index contributed by atoms with van der Waals surface area (Å²) >= 11 is 0. The first kappa shape index (κ1) is 18.1. The van der Waals surface area contributed by atoms with Crippen LogP contribution in [0.1, 0.15) is 51.4 Å². The van der Waals surface area contributed by atoms with Crippen LogP contribution in [0.25, 0.3) is 0 Å². The molecule has 2 aliphatic rings. The Morgan fingerprint density at radius 1 is 0.909 bits per heavy atom. The Morgan fingerprint density at radius 3 is 2.32 bits per heavy atom. The Bertz CT molecular complexity index is 305. The Hall–Kier alpha value is -0.240. The molecule has 0 aromatic carbocycles. The lowest BCUT2D eigenvalue weighted by Crippen LogP contribution is -2.59. The van der Waals surface area contributed by atoms with E-state index in [9.17, 15) is 15.3 Å². The number of aliphatic hydroxyl groups is 4. The van der Waals surface area contributed by atoms with Crippen LogP contribution in [0.15, 0.2) is 0 Å². The third-order valence-electron chi connectivity index (χ3n) is 4.86. The molecule has 4 N–H and O–H groups in total. The minimum Gasteiger partial charge on any atom is -0.394 e.